The quantitative estimate of drug-likeness (QED) is 0.224. The predicted octanol–water partition coefficient (Wildman–Crippen LogP) is 5.97. The number of allylic oxidation sites excluding steroid dienone is 4. The second kappa shape index (κ2) is 17.0. The molecule has 0 rings (SSSR count). The first-order chi connectivity index (χ1) is 11.8. The summed E-state index contributed by atoms with van der Waals surface area (Å²) in [5, 5.41) is 0. The molecular formula is C19H34O2. The minimum atomic E-state index is -1.83. The summed E-state index contributed by atoms with van der Waals surface area (Å²) in [5.41, 5.74) is 0. The summed E-state index contributed by atoms with van der Waals surface area (Å²) in [6.07, 6.45) is 12.2. The van der Waals surface area contributed by atoms with Crippen molar-refractivity contribution >= 4 is 5.97 Å². The first kappa shape index (κ1) is 13.6. The SMILES string of the molecule is [2H]C([2H])(CC)C([2H])([2H])C/C=C/C=C\CCCCCCCCC(=O)OC. The molecule has 0 aromatic rings. The van der Waals surface area contributed by atoms with Gasteiger partial charge in [-0.15, -0.1) is 0 Å². The number of hydrogen-bond acceptors (Lipinski definition) is 2. The average molecular weight is 299 g/mol. The van der Waals surface area contributed by atoms with E-state index in [1.807, 2.05) is 6.08 Å². The highest BCUT2D eigenvalue weighted by molar-refractivity contribution is 5.68. The Morgan fingerprint density at radius 2 is 1.57 bits per heavy atom. The zero-order chi connectivity index (χ0) is 19.2. The number of rotatable bonds is 14. The molecule has 0 aliphatic rings. The third kappa shape index (κ3) is 16.9. The lowest BCUT2D eigenvalue weighted by molar-refractivity contribution is -0.140. The van der Waals surface area contributed by atoms with Crippen molar-refractivity contribution in [2.24, 2.45) is 0 Å². The van der Waals surface area contributed by atoms with E-state index < -0.39 is 12.7 Å². The molecular weight excluding hydrogens is 260 g/mol. The Kier molecular flexibility index (Phi) is 11.0. The normalized spacial score (nSPS) is 15.7. The zero-order valence-electron chi connectivity index (χ0n) is 17.7. The van der Waals surface area contributed by atoms with Crippen molar-refractivity contribution in [2.75, 3.05) is 7.11 Å². The van der Waals surface area contributed by atoms with Crippen LogP contribution in [0.5, 0.6) is 0 Å². The summed E-state index contributed by atoms with van der Waals surface area (Å²) in [4.78, 5) is 10.9. The molecule has 0 saturated carbocycles. The molecule has 0 N–H and O–H groups in total. The molecule has 0 aromatic heterocycles. The molecule has 0 aliphatic carbocycles. The Morgan fingerprint density at radius 1 is 0.952 bits per heavy atom. The molecule has 0 fully saturated rings. The largest absolute Gasteiger partial charge is 0.469 e. The Hall–Kier alpha value is -1.05. The Labute approximate surface area is 137 Å². The topological polar surface area (TPSA) is 26.3 Å². The zero-order valence-corrected chi connectivity index (χ0v) is 13.7. The standard InChI is InChI=1S/C19H34O2/c1-3-4-5-6-7-8-9-10-11-12-13-14-15-16-17-18-19(20)21-2/h7-10H,3-6,11-18H2,1-2H3/b8-7+,10-9-/i4D2,5D2. The second-order valence-electron chi connectivity index (χ2n) is 5.00. The molecule has 122 valence electrons. The van der Waals surface area contributed by atoms with Crippen molar-refractivity contribution in [3.63, 3.8) is 0 Å². The molecule has 21 heavy (non-hydrogen) atoms. The molecule has 0 unspecified atom stereocenters. The summed E-state index contributed by atoms with van der Waals surface area (Å²) in [6, 6.07) is 0. The summed E-state index contributed by atoms with van der Waals surface area (Å²) >= 11 is 0. The highest BCUT2D eigenvalue weighted by atomic mass is 16.5. The van der Waals surface area contributed by atoms with Crippen molar-refractivity contribution in [1.29, 1.82) is 0 Å². The van der Waals surface area contributed by atoms with Gasteiger partial charge in [-0.25, -0.2) is 0 Å². The van der Waals surface area contributed by atoms with Gasteiger partial charge in [0.2, 0.25) is 0 Å². The molecule has 0 saturated heterocycles. The first-order valence-electron chi connectivity index (χ1n) is 10.2. The Balaban J connectivity index is 3.65. The predicted molar refractivity (Wildman–Crippen MR) is 91.4 cm³/mol. The number of esters is 1. The summed E-state index contributed by atoms with van der Waals surface area (Å²) in [7, 11) is 1.42. The van der Waals surface area contributed by atoms with Gasteiger partial charge in [0.1, 0.15) is 0 Å². The van der Waals surface area contributed by atoms with E-state index in [0.717, 1.165) is 32.1 Å². The third-order valence-corrected chi connectivity index (χ3v) is 3.13. The van der Waals surface area contributed by atoms with Gasteiger partial charge < -0.3 is 4.74 Å². The number of carbonyl (C=O) groups is 1. The molecule has 0 radical (unpaired) electrons. The number of carbonyl (C=O) groups excluding carboxylic acids is 1. The molecule has 0 heterocycles. The fourth-order valence-corrected chi connectivity index (χ4v) is 1.92. The maximum Gasteiger partial charge on any atom is 0.305 e. The molecule has 2 nitrogen and oxygen atoms in total. The highest BCUT2D eigenvalue weighted by Gasteiger charge is 1.98. The fourth-order valence-electron chi connectivity index (χ4n) is 1.92. The molecule has 0 atom stereocenters. The number of methoxy groups -OCH3 is 1. The van der Waals surface area contributed by atoms with Gasteiger partial charge in [0.15, 0.2) is 0 Å². The molecule has 0 amide bonds. The van der Waals surface area contributed by atoms with Crippen molar-refractivity contribution in [3.8, 4) is 0 Å². The van der Waals surface area contributed by atoms with Crippen molar-refractivity contribution < 1.29 is 15.0 Å². The average Bonchev–Trinajstić information content (AvgIpc) is 2.58. The van der Waals surface area contributed by atoms with E-state index in [0.29, 0.717) is 6.42 Å². The van der Waals surface area contributed by atoms with Crippen LogP contribution in [0.3, 0.4) is 0 Å². The van der Waals surface area contributed by atoms with Gasteiger partial charge in [-0.05, 0) is 32.1 Å². The van der Waals surface area contributed by atoms with E-state index >= 15 is 0 Å². The third-order valence-electron chi connectivity index (χ3n) is 3.13. The van der Waals surface area contributed by atoms with Gasteiger partial charge in [0.25, 0.3) is 0 Å². The highest BCUT2D eigenvalue weighted by Crippen LogP contribution is 2.09. The number of hydrogen-bond donors (Lipinski definition) is 0. The van der Waals surface area contributed by atoms with E-state index in [4.69, 9.17) is 5.48 Å². The number of unbranched alkanes of at least 4 members (excludes halogenated alkanes) is 6. The molecule has 2 heteroatoms. The van der Waals surface area contributed by atoms with Crippen molar-refractivity contribution in [1.82, 2.24) is 0 Å². The monoisotopic (exact) mass is 298 g/mol. The Morgan fingerprint density at radius 3 is 2.24 bits per heavy atom. The van der Waals surface area contributed by atoms with Crippen LogP contribution in [0.15, 0.2) is 24.3 Å². The van der Waals surface area contributed by atoms with Crippen LogP contribution < -0.4 is 0 Å². The van der Waals surface area contributed by atoms with Crippen LogP contribution in [-0.4, -0.2) is 13.1 Å². The Bertz CT molecular complexity index is 418. The van der Waals surface area contributed by atoms with Gasteiger partial charge >= 0.3 is 5.97 Å². The van der Waals surface area contributed by atoms with Crippen LogP contribution in [0.2, 0.25) is 0 Å². The van der Waals surface area contributed by atoms with E-state index in [1.165, 1.54) is 20.0 Å². The molecule has 0 bridgehead atoms. The lowest BCUT2D eigenvalue weighted by Gasteiger charge is -2.00. The van der Waals surface area contributed by atoms with E-state index in [-0.39, 0.29) is 18.8 Å². The van der Waals surface area contributed by atoms with Crippen LogP contribution in [-0.2, 0) is 9.53 Å². The van der Waals surface area contributed by atoms with Gasteiger partial charge in [0.05, 0.1) is 7.11 Å². The molecule has 0 spiro atoms. The van der Waals surface area contributed by atoms with Gasteiger partial charge in [0, 0.05) is 11.9 Å². The van der Waals surface area contributed by atoms with E-state index in [1.54, 1.807) is 19.1 Å². The molecule has 0 aromatic carbocycles. The van der Waals surface area contributed by atoms with Crippen LogP contribution in [0.4, 0.5) is 0 Å². The lowest BCUT2D eigenvalue weighted by Crippen LogP contribution is -1.99. The van der Waals surface area contributed by atoms with Crippen molar-refractivity contribution in [2.45, 2.75) is 83.9 Å². The van der Waals surface area contributed by atoms with Gasteiger partial charge in [-0.1, -0.05) is 69.7 Å². The minimum absolute atomic E-state index is 0.0871. The summed E-state index contributed by atoms with van der Waals surface area (Å²) in [5.74, 6) is -0.128. The van der Waals surface area contributed by atoms with Crippen molar-refractivity contribution in [3.05, 3.63) is 24.3 Å². The second-order valence-corrected chi connectivity index (χ2v) is 5.00. The van der Waals surface area contributed by atoms with E-state index in [2.05, 4.69) is 10.8 Å². The number of ether oxygens (including phenoxy) is 1. The molecule has 0 aliphatic heterocycles. The van der Waals surface area contributed by atoms with E-state index in [9.17, 15) is 4.79 Å². The maximum absolute atomic E-state index is 10.9. The fraction of sp³-hybridized carbons (Fsp3) is 0.737. The summed E-state index contributed by atoms with van der Waals surface area (Å²) in [6.45, 7) is 1.67. The smallest absolute Gasteiger partial charge is 0.305 e. The first-order valence-corrected chi connectivity index (χ1v) is 8.15. The lowest BCUT2D eigenvalue weighted by atomic mass is 10.1. The van der Waals surface area contributed by atoms with Gasteiger partial charge in [-0.2, -0.15) is 0 Å². The van der Waals surface area contributed by atoms with Crippen LogP contribution in [0.25, 0.3) is 0 Å². The minimum Gasteiger partial charge on any atom is -0.469 e. The van der Waals surface area contributed by atoms with Gasteiger partial charge in [-0.3, -0.25) is 4.79 Å². The van der Waals surface area contributed by atoms with Crippen LogP contribution in [0, 0.1) is 0 Å². The summed E-state index contributed by atoms with van der Waals surface area (Å²) < 4.78 is 35.5. The maximum atomic E-state index is 10.9. The van der Waals surface area contributed by atoms with Crippen LogP contribution >= 0.6 is 0 Å². The van der Waals surface area contributed by atoms with Crippen LogP contribution in [0.1, 0.15) is 89.4 Å².